The van der Waals surface area contributed by atoms with Crippen LogP contribution in [-0.2, 0) is 13.6 Å². The lowest BCUT2D eigenvalue weighted by Crippen LogP contribution is -2.13. The molecule has 0 aliphatic rings. The molecule has 1 unspecified atom stereocenters. The normalized spacial score (nSPS) is 13.5. The van der Waals surface area contributed by atoms with E-state index < -0.39 is 13.4 Å². The SMILES string of the molecule is COc1ccc(C(N)P(=O)(OC)OC)cc1. The van der Waals surface area contributed by atoms with Gasteiger partial charge in [0.2, 0.25) is 0 Å². The van der Waals surface area contributed by atoms with Crippen molar-refractivity contribution >= 4 is 7.60 Å². The molecule has 0 saturated heterocycles. The van der Waals surface area contributed by atoms with Gasteiger partial charge in [-0.2, -0.15) is 0 Å². The topological polar surface area (TPSA) is 70.8 Å². The molecule has 2 N–H and O–H groups in total. The molecule has 1 aromatic rings. The lowest BCUT2D eigenvalue weighted by atomic mass is 10.2. The Bertz CT molecular complexity index is 371. The van der Waals surface area contributed by atoms with E-state index in [0.717, 1.165) is 0 Å². The Morgan fingerprint density at radius 2 is 1.62 bits per heavy atom. The second-order valence-corrected chi connectivity index (χ2v) is 5.49. The molecular weight excluding hydrogens is 229 g/mol. The largest absolute Gasteiger partial charge is 0.497 e. The van der Waals surface area contributed by atoms with Gasteiger partial charge in [0.1, 0.15) is 11.5 Å². The van der Waals surface area contributed by atoms with Crippen LogP contribution in [0.2, 0.25) is 0 Å². The van der Waals surface area contributed by atoms with Gasteiger partial charge < -0.3 is 19.5 Å². The van der Waals surface area contributed by atoms with E-state index in [-0.39, 0.29) is 0 Å². The first-order valence-corrected chi connectivity index (χ1v) is 6.29. The summed E-state index contributed by atoms with van der Waals surface area (Å²) in [5.74, 6) is -0.0889. The Morgan fingerprint density at radius 3 is 2.00 bits per heavy atom. The molecule has 6 heteroatoms. The van der Waals surface area contributed by atoms with Crippen LogP contribution in [0.3, 0.4) is 0 Å². The van der Waals surface area contributed by atoms with E-state index in [1.54, 1.807) is 31.4 Å². The first-order valence-electron chi connectivity index (χ1n) is 4.68. The van der Waals surface area contributed by atoms with Crippen LogP contribution in [0.5, 0.6) is 5.75 Å². The molecule has 0 spiro atoms. The molecule has 1 aromatic carbocycles. The fraction of sp³-hybridized carbons (Fsp3) is 0.400. The van der Waals surface area contributed by atoms with Crippen LogP contribution in [0.25, 0.3) is 0 Å². The predicted molar refractivity (Wildman–Crippen MR) is 61.5 cm³/mol. The van der Waals surface area contributed by atoms with Crippen LogP contribution < -0.4 is 10.5 Å². The quantitative estimate of drug-likeness (QED) is 0.804. The number of benzene rings is 1. The van der Waals surface area contributed by atoms with Crippen LogP contribution in [0.4, 0.5) is 0 Å². The summed E-state index contributed by atoms with van der Waals surface area (Å²) >= 11 is 0. The predicted octanol–water partition coefficient (Wildman–Crippen LogP) is 2.14. The molecule has 90 valence electrons. The summed E-state index contributed by atoms with van der Waals surface area (Å²) in [5.41, 5.74) is 6.51. The van der Waals surface area contributed by atoms with Gasteiger partial charge in [-0.3, -0.25) is 4.57 Å². The second kappa shape index (κ2) is 5.46. The van der Waals surface area contributed by atoms with Crippen LogP contribution in [0, 0.1) is 0 Å². The highest BCUT2D eigenvalue weighted by molar-refractivity contribution is 7.54. The van der Waals surface area contributed by atoms with Gasteiger partial charge in [0, 0.05) is 14.2 Å². The molecule has 0 saturated carbocycles. The molecule has 0 amide bonds. The van der Waals surface area contributed by atoms with Gasteiger partial charge in [0.15, 0.2) is 0 Å². The second-order valence-electron chi connectivity index (χ2n) is 3.12. The zero-order valence-corrected chi connectivity index (χ0v) is 10.4. The number of rotatable bonds is 5. The molecule has 5 nitrogen and oxygen atoms in total. The van der Waals surface area contributed by atoms with E-state index in [2.05, 4.69) is 0 Å². The third-order valence-corrected chi connectivity index (χ3v) is 4.30. The summed E-state index contributed by atoms with van der Waals surface area (Å²) in [5, 5.41) is 0. The number of ether oxygens (including phenoxy) is 1. The lowest BCUT2D eigenvalue weighted by Gasteiger charge is -2.20. The van der Waals surface area contributed by atoms with Gasteiger partial charge >= 0.3 is 7.60 Å². The van der Waals surface area contributed by atoms with Gasteiger partial charge in [-0.15, -0.1) is 0 Å². The van der Waals surface area contributed by atoms with Crippen molar-refractivity contribution in [2.45, 2.75) is 5.78 Å². The van der Waals surface area contributed by atoms with E-state index in [1.807, 2.05) is 0 Å². The van der Waals surface area contributed by atoms with Crippen molar-refractivity contribution in [2.75, 3.05) is 21.3 Å². The highest BCUT2D eigenvalue weighted by Crippen LogP contribution is 2.56. The minimum absolute atomic E-state index is 0.674. The highest BCUT2D eigenvalue weighted by Gasteiger charge is 2.31. The lowest BCUT2D eigenvalue weighted by molar-refractivity contribution is 0.266. The Balaban J connectivity index is 2.95. The Hall–Kier alpha value is -0.870. The van der Waals surface area contributed by atoms with Crippen LogP contribution in [-0.4, -0.2) is 21.3 Å². The molecule has 0 aliphatic heterocycles. The summed E-state index contributed by atoms with van der Waals surface area (Å²) in [6, 6.07) is 6.94. The van der Waals surface area contributed by atoms with E-state index >= 15 is 0 Å². The summed E-state index contributed by atoms with van der Waals surface area (Å²) in [6.07, 6.45) is 0. The van der Waals surface area contributed by atoms with E-state index in [0.29, 0.717) is 11.3 Å². The summed E-state index contributed by atoms with van der Waals surface area (Å²) in [7, 11) is 0.919. The Morgan fingerprint density at radius 1 is 1.12 bits per heavy atom. The number of methoxy groups -OCH3 is 1. The first kappa shape index (κ1) is 13.2. The van der Waals surface area contributed by atoms with E-state index in [1.165, 1.54) is 14.2 Å². The van der Waals surface area contributed by atoms with Gasteiger partial charge in [-0.05, 0) is 17.7 Å². The van der Waals surface area contributed by atoms with Crippen molar-refractivity contribution < 1.29 is 18.3 Å². The Kier molecular flexibility index (Phi) is 4.50. The van der Waals surface area contributed by atoms with Gasteiger partial charge in [-0.1, -0.05) is 12.1 Å². The minimum atomic E-state index is -3.28. The van der Waals surface area contributed by atoms with Gasteiger partial charge in [0.05, 0.1) is 7.11 Å². The number of nitrogens with two attached hydrogens (primary N) is 1. The monoisotopic (exact) mass is 245 g/mol. The first-order chi connectivity index (χ1) is 7.57. The molecule has 1 rings (SSSR count). The van der Waals surface area contributed by atoms with E-state index in [4.69, 9.17) is 19.5 Å². The average Bonchev–Trinajstić information content (AvgIpc) is 2.37. The van der Waals surface area contributed by atoms with Crippen LogP contribution in [0.15, 0.2) is 24.3 Å². The van der Waals surface area contributed by atoms with Crippen LogP contribution >= 0.6 is 7.60 Å². The van der Waals surface area contributed by atoms with Gasteiger partial charge in [0.25, 0.3) is 0 Å². The molecule has 16 heavy (non-hydrogen) atoms. The van der Waals surface area contributed by atoms with Crippen molar-refractivity contribution in [3.8, 4) is 5.75 Å². The fourth-order valence-electron chi connectivity index (χ4n) is 1.29. The standard InChI is InChI=1S/C10H16NO4P/c1-13-9-6-4-8(5-7-9)10(11)16(12,14-2)15-3/h4-7,10H,11H2,1-3H3. The van der Waals surface area contributed by atoms with Crippen molar-refractivity contribution in [1.82, 2.24) is 0 Å². The molecular formula is C10H16NO4P. The zero-order chi connectivity index (χ0) is 12.2. The average molecular weight is 245 g/mol. The van der Waals surface area contributed by atoms with Crippen LogP contribution in [0.1, 0.15) is 11.3 Å². The molecule has 0 fully saturated rings. The van der Waals surface area contributed by atoms with Crippen molar-refractivity contribution in [3.05, 3.63) is 29.8 Å². The molecule has 0 radical (unpaired) electrons. The summed E-state index contributed by atoms with van der Waals surface area (Å²) in [4.78, 5) is 0. The maximum absolute atomic E-state index is 12.0. The van der Waals surface area contributed by atoms with Crippen molar-refractivity contribution in [1.29, 1.82) is 0 Å². The smallest absolute Gasteiger partial charge is 0.351 e. The fourth-order valence-corrected chi connectivity index (χ4v) is 2.43. The molecule has 1 atom stereocenters. The molecule has 0 aliphatic carbocycles. The number of hydrogen-bond donors (Lipinski definition) is 1. The third-order valence-electron chi connectivity index (χ3n) is 2.31. The minimum Gasteiger partial charge on any atom is -0.497 e. The molecule has 0 bridgehead atoms. The summed E-state index contributed by atoms with van der Waals surface area (Å²) < 4.78 is 26.7. The molecule has 0 heterocycles. The highest BCUT2D eigenvalue weighted by atomic mass is 31.2. The number of hydrogen-bond acceptors (Lipinski definition) is 5. The van der Waals surface area contributed by atoms with E-state index in [9.17, 15) is 4.57 Å². The summed E-state index contributed by atoms with van der Waals surface area (Å²) in [6.45, 7) is 0. The maximum atomic E-state index is 12.0. The Labute approximate surface area is 95.0 Å². The zero-order valence-electron chi connectivity index (χ0n) is 9.54. The van der Waals surface area contributed by atoms with Gasteiger partial charge in [-0.25, -0.2) is 0 Å². The molecule has 0 aromatic heterocycles. The maximum Gasteiger partial charge on any atom is 0.351 e. The van der Waals surface area contributed by atoms with Crippen molar-refractivity contribution in [3.63, 3.8) is 0 Å². The van der Waals surface area contributed by atoms with Crippen molar-refractivity contribution in [2.24, 2.45) is 5.73 Å². The third kappa shape index (κ3) is 2.62.